The van der Waals surface area contributed by atoms with Crippen molar-refractivity contribution < 1.29 is 0 Å². The smallest absolute Gasteiger partial charge is 0.0904 e. The Balaban J connectivity index is 2.55. The Morgan fingerprint density at radius 3 is 2.65 bits per heavy atom. The number of nitrogens with one attached hydrogen (secondary N) is 1. The van der Waals surface area contributed by atoms with Gasteiger partial charge in [-0.3, -0.25) is 10.5 Å². The number of benzene rings is 1. The predicted molar refractivity (Wildman–Crippen MR) is 85.7 cm³/mol. The van der Waals surface area contributed by atoms with Gasteiger partial charge in [-0.05, 0) is 53.9 Å². The van der Waals surface area contributed by atoms with E-state index in [0.717, 1.165) is 21.3 Å². The monoisotopic (exact) mass is 356 g/mol. The fourth-order valence-corrected chi connectivity index (χ4v) is 3.06. The summed E-state index contributed by atoms with van der Waals surface area (Å²) in [5, 5.41) is 5.08. The summed E-state index contributed by atoms with van der Waals surface area (Å²) >= 11 is 9.90. The number of rotatable bonds is 4. The maximum absolute atomic E-state index is 6.36. The van der Waals surface area contributed by atoms with E-state index < -0.39 is 0 Å². The largest absolute Gasteiger partial charge is 0.271 e. The Hall–Kier alpha value is -0.880. The lowest BCUT2D eigenvalue weighted by Gasteiger charge is -2.22. The Labute approximate surface area is 132 Å². The Bertz CT molecular complexity index is 609. The number of nitrogens with zero attached hydrogens (tertiary/aromatic N) is 2. The zero-order valence-electron chi connectivity index (χ0n) is 11.7. The number of hydrazine groups is 1. The van der Waals surface area contributed by atoms with Gasteiger partial charge in [-0.1, -0.05) is 23.7 Å². The lowest BCUT2D eigenvalue weighted by atomic mass is 10.0. The summed E-state index contributed by atoms with van der Waals surface area (Å²) in [4.78, 5) is 0. The van der Waals surface area contributed by atoms with E-state index in [9.17, 15) is 0 Å². The van der Waals surface area contributed by atoms with E-state index in [2.05, 4.69) is 40.3 Å². The van der Waals surface area contributed by atoms with Crippen LogP contribution in [0.3, 0.4) is 0 Å². The highest BCUT2D eigenvalue weighted by molar-refractivity contribution is 9.10. The molecule has 3 N–H and O–H groups in total. The Kier molecular flexibility index (Phi) is 4.86. The molecule has 1 heterocycles. The third-order valence-electron chi connectivity index (χ3n) is 3.18. The third-order valence-corrected chi connectivity index (χ3v) is 4.12. The molecule has 0 amide bonds. The average Bonchev–Trinajstić information content (AvgIpc) is 2.75. The molecular weight excluding hydrogens is 340 g/mol. The molecule has 0 spiro atoms. The van der Waals surface area contributed by atoms with Crippen molar-refractivity contribution in [3.63, 3.8) is 0 Å². The van der Waals surface area contributed by atoms with Crippen LogP contribution in [-0.4, -0.2) is 9.78 Å². The highest BCUT2D eigenvalue weighted by Crippen LogP contribution is 2.33. The highest BCUT2D eigenvalue weighted by Gasteiger charge is 2.23. The molecule has 0 radical (unpaired) electrons. The fourth-order valence-electron chi connectivity index (χ4n) is 2.21. The molecule has 1 aromatic carbocycles. The summed E-state index contributed by atoms with van der Waals surface area (Å²) in [5.74, 6) is 5.77. The van der Waals surface area contributed by atoms with Crippen LogP contribution in [0.25, 0.3) is 0 Å². The molecule has 0 aliphatic rings. The number of aryl methyl sites for hydroxylation is 1. The summed E-state index contributed by atoms with van der Waals surface area (Å²) in [6, 6.07) is 5.96. The minimum absolute atomic E-state index is 0.220. The van der Waals surface area contributed by atoms with Gasteiger partial charge >= 0.3 is 0 Å². The predicted octanol–water partition coefficient (Wildman–Crippen LogP) is 3.74. The maximum Gasteiger partial charge on any atom is 0.0904 e. The Morgan fingerprint density at radius 1 is 1.40 bits per heavy atom. The van der Waals surface area contributed by atoms with Gasteiger partial charge in [0.25, 0.3) is 0 Å². The van der Waals surface area contributed by atoms with E-state index in [-0.39, 0.29) is 12.1 Å². The summed E-state index contributed by atoms with van der Waals surface area (Å²) in [6.45, 7) is 6.16. The van der Waals surface area contributed by atoms with Crippen LogP contribution in [0.1, 0.15) is 42.8 Å². The number of aromatic nitrogens is 2. The van der Waals surface area contributed by atoms with E-state index in [4.69, 9.17) is 17.4 Å². The molecule has 0 aliphatic heterocycles. The van der Waals surface area contributed by atoms with Crippen molar-refractivity contribution >= 4 is 27.5 Å². The van der Waals surface area contributed by atoms with E-state index in [0.29, 0.717) is 5.02 Å². The van der Waals surface area contributed by atoms with Crippen molar-refractivity contribution in [2.75, 3.05) is 0 Å². The minimum Gasteiger partial charge on any atom is -0.271 e. The van der Waals surface area contributed by atoms with Gasteiger partial charge in [-0.25, -0.2) is 5.43 Å². The standard InChI is InChI=1S/C14H18BrClN4/c1-8(2)20-14(11(15)7-18-20)13(19-17)10-5-4-9(3)6-12(10)16/h4-8,13,19H,17H2,1-3H3. The van der Waals surface area contributed by atoms with Gasteiger partial charge in [-0.15, -0.1) is 0 Å². The SMILES string of the molecule is Cc1ccc(C(NN)c2c(Br)cnn2C(C)C)c(Cl)c1. The molecule has 6 heteroatoms. The molecule has 4 nitrogen and oxygen atoms in total. The molecule has 0 saturated heterocycles. The van der Waals surface area contributed by atoms with Crippen molar-refractivity contribution in [2.24, 2.45) is 5.84 Å². The van der Waals surface area contributed by atoms with Crippen LogP contribution in [0.4, 0.5) is 0 Å². The average molecular weight is 358 g/mol. The lowest BCUT2D eigenvalue weighted by molar-refractivity contribution is 0.475. The van der Waals surface area contributed by atoms with E-state index in [1.165, 1.54) is 0 Å². The molecular formula is C14H18BrClN4. The van der Waals surface area contributed by atoms with E-state index >= 15 is 0 Å². The van der Waals surface area contributed by atoms with Crippen molar-refractivity contribution in [1.82, 2.24) is 15.2 Å². The van der Waals surface area contributed by atoms with Crippen molar-refractivity contribution in [3.8, 4) is 0 Å². The van der Waals surface area contributed by atoms with Gasteiger partial charge in [-0.2, -0.15) is 5.10 Å². The zero-order valence-corrected chi connectivity index (χ0v) is 14.0. The zero-order chi connectivity index (χ0) is 14.9. The molecule has 2 aromatic rings. The highest BCUT2D eigenvalue weighted by atomic mass is 79.9. The topological polar surface area (TPSA) is 55.9 Å². The van der Waals surface area contributed by atoms with Crippen LogP contribution >= 0.6 is 27.5 Å². The minimum atomic E-state index is -0.220. The number of halogens is 2. The van der Waals surface area contributed by atoms with Gasteiger partial charge in [0.05, 0.1) is 22.4 Å². The van der Waals surface area contributed by atoms with Crippen LogP contribution in [0.2, 0.25) is 5.02 Å². The van der Waals surface area contributed by atoms with Gasteiger partial charge in [0.2, 0.25) is 0 Å². The normalized spacial score (nSPS) is 12.9. The summed E-state index contributed by atoms with van der Waals surface area (Å²) < 4.78 is 2.84. The second-order valence-electron chi connectivity index (χ2n) is 5.04. The first-order chi connectivity index (χ1) is 9.45. The van der Waals surface area contributed by atoms with E-state index in [1.54, 1.807) is 6.20 Å². The van der Waals surface area contributed by atoms with Crippen LogP contribution in [0.15, 0.2) is 28.9 Å². The van der Waals surface area contributed by atoms with Crippen molar-refractivity contribution in [3.05, 3.63) is 50.7 Å². The maximum atomic E-state index is 6.36. The van der Waals surface area contributed by atoms with Crippen LogP contribution in [-0.2, 0) is 0 Å². The number of nitrogens with two attached hydrogens (primary N) is 1. The second kappa shape index (κ2) is 6.26. The lowest BCUT2D eigenvalue weighted by Crippen LogP contribution is -2.31. The molecule has 0 fully saturated rings. The molecule has 1 unspecified atom stereocenters. The number of hydrogen-bond donors (Lipinski definition) is 2. The van der Waals surface area contributed by atoms with E-state index in [1.807, 2.05) is 29.8 Å². The van der Waals surface area contributed by atoms with Crippen LogP contribution < -0.4 is 11.3 Å². The fraction of sp³-hybridized carbons (Fsp3) is 0.357. The first-order valence-corrected chi connectivity index (χ1v) is 7.58. The van der Waals surface area contributed by atoms with Gasteiger partial charge in [0.1, 0.15) is 0 Å². The quantitative estimate of drug-likeness (QED) is 0.647. The van der Waals surface area contributed by atoms with Gasteiger partial charge in [0, 0.05) is 11.1 Å². The second-order valence-corrected chi connectivity index (χ2v) is 6.30. The molecule has 1 atom stereocenters. The molecule has 1 aromatic heterocycles. The molecule has 108 valence electrons. The first kappa shape index (κ1) is 15.5. The molecule has 0 saturated carbocycles. The van der Waals surface area contributed by atoms with Crippen molar-refractivity contribution in [2.45, 2.75) is 32.9 Å². The molecule has 20 heavy (non-hydrogen) atoms. The van der Waals surface area contributed by atoms with Gasteiger partial charge in [0.15, 0.2) is 0 Å². The Morgan fingerprint density at radius 2 is 2.10 bits per heavy atom. The molecule has 0 aliphatic carbocycles. The number of hydrogen-bond acceptors (Lipinski definition) is 3. The summed E-state index contributed by atoms with van der Waals surface area (Å²) in [6.07, 6.45) is 1.78. The third kappa shape index (κ3) is 2.91. The van der Waals surface area contributed by atoms with Crippen molar-refractivity contribution in [1.29, 1.82) is 0 Å². The summed E-state index contributed by atoms with van der Waals surface area (Å²) in [7, 11) is 0. The molecule has 2 rings (SSSR count). The first-order valence-electron chi connectivity index (χ1n) is 6.40. The van der Waals surface area contributed by atoms with Crippen LogP contribution in [0.5, 0.6) is 0 Å². The van der Waals surface area contributed by atoms with Crippen LogP contribution in [0, 0.1) is 6.92 Å². The van der Waals surface area contributed by atoms with Gasteiger partial charge < -0.3 is 0 Å². The summed E-state index contributed by atoms with van der Waals surface area (Å²) in [5.41, 5.74) is 5.86. The molecule has 0 bridgehead atoms.